The average Bonchev–Trinajstić information content (AvgIpc) is 2.58. The van der Waals surface area contributed by atoms with E-state index in [4.69, 9.17) is 4.74 Å². The number of urea groups is 1. The highest BCUT2D eigenvalue weighted by atomic mass is 16.5. The minimum atomic E-state index is -0.905. The number of hydrogen-bond acceptors (Lipinski definition) is 5. The van der Waals surface area contributed by atoms with Crippen molar-refractivity contribution in [3.63, 3.8) is 0 Å². The summed E-state index contributed by atoms with van der Waals surface area (Å²) in [7, 11) is 0. The fourth-order valence-electron chi connectivity index (χ4n) is 3.99. The molecule has 0 aromatic rings. The summed E-state index contributed by atoms with van der Waals surface area (Å²) in [4.78, 5) is 37.3. The van der Waals surface area contributed by atoms with Crippen LogP contribution in [0.5, 0.6) is 0 Å². The standard InChI is InChI=1S/C16H25N3O4/c1-6-11(20)23-8-7-19-12(21)16(17-13(19)22)9-14(2,3)18-15(4,5)10-16/h6,18H,1,7-10H2,2-5H3,(H,17,22). The largest absolute Gasteiger partial charge is 0.461 e. The number of piperidine rings is 1. The zero-order chi connectivity index (χ0) is 17.5. The zero-order valence-corrected chi connectivity index (χ0v) is 14.2. The monoisotopic (exact) mass is 323 g/mol. The van der Waals surface area contributed by atoms with Crippen LogP contribution in [-0.2, 0) is 14.3 Å². The summed E-state index contributed by atoms with van der Waals surface area (Å²) >= 11 is 0. The van der Waals surface area contributed by atoms with E-state index in [0.717, 1.165) is 11.0 Å². The van der Waals surface area contributed by atoms with Gasteiger partial charge in [0.2, 0.25) is 0 Å². The van der Waals surface area contributed by atoms with Gasteiger partial charge in [-0.3, -0.25) is 9.69 Å². The molecule has 0 aromatic carbocycles. The van der Waals surface area contributed by atoms with Crippen LogP contribution in [0.25, 0.3) is 0 Å². The van der Waals surface area contributed by atoms with Crippen LogP contribution in [0.1, 0.15) is 40.5 Å². The van der Waals surface area contributed by atoms with Crippen LogP contribution in [0.4, 0.5) is 4.79 Å². The molecular weight excluding hydrogens is 298 g/mol. The molecule has 2 N–H and O–H groups in total. The molecule has 0 bridgehead atoms. The number of ether oxygens (including phenoxy) is 1. The maximum absolute atomic E-state index is 12.9. The Bertz CT molecular complexity index is 538. The third kappa shape index (κ3) is 3.55. The first-order valence-electron chi connectivity index (χ1n) is 7.73. The van der Waals surface area contributed by atoms with Crippen LogP contribution in [0.15, 0.2) is 12.7 Å². The number of nitrogens with one attached hydrogen (secondary N) is 2. The SMILES string of the molecule is C=CC(=O)OCCN1C(=O)NC2(CC(C)(C)NC(C)(C)C2)C1=O. The highest BCUT2D eigenvalue weighted by Gasteiger charge is 2.58. The lowest BCUT2D eigenvalue weighted by atomic mass is 9.71. The van der Waals surface area contributed by atoms with Gasteiger partial charge >= 0.3 is 12.0 Å². The lowest BCUT2D eigenvalue weighted by Crippen LogP contribution is -2.68. The molecule has 0 saturated carbocycles. The molecule has 3 amide bonds. The Morgan fingerprint density at radius 2 is 1.83 bits per heavy atom. The molecule has 2 fully saturated rings. The van der Waals surface area contributed by atoms with Crippen molar-refractivity contribution < 1.29 is 19.1 Å². The highest BCUT2D eigenvalue weighted by molar-refractivity contribution is 6.07. The van der Waals surface area contributed by atoms with E-state index < -0.39 is 17.5 Å². The third-order valence-electron chi connectivity index (χ3n) is 4.14. The second-order valence-electron chi connectivity index (χ2n) is 7.59. The minimum absolute atomic E-state index is 0.0366. The van der Waals surface area contributed by atoms with Gasteiger partial charge < -0.3 is 15.4 Å². The number of nitrogens with zero attached hydrogens (tertiary/aromatic N) is 1. The van der Waals surface area contributed by atoms with E-state index in [1.54, 1.807) is 0 Å². The van der Waals surface area contributed by atoms with Crippen LogP contribution in [0.2, 0.25) is 0 Å². The molecule has 2 aliphatic rings. The minimum Gasteiger partial charge on any atom is -0.461 e. The van der Waals surface area contributed by atoms with Crippen molar-refractivity contribution in [1.82, 2.24) is 15.5 Å². The third-order valence-corrected chi connectivity index (χ3v) is 4.14. The summed E-state index contributed by atoms with van der Waals surface area (Å²) in [6.45, 7) is 11.4. The van der Waals surface area contributed by atoms with Crippen molar-refractivity contribution in [1.29, 1.82) is 0 Å². The van der Waals surface area contributed by atoms with Gasteiger partial charge in [0.1, 0.15) is 12.1 Å². The first kappa shape index (κ1) is 17.5. The fourth-order valence-corrected chi connectivity index (χ4v) is 3.99. The average molecular weight is 323 g/mol. The van der Waals surface area contributed by atoms with Crippen LogP contribution in [-0.4, -0.2) is 52.6 Å². The molecule has 23 heavy (non-hydrogen) atoms. The van der Waals surface area contributed by atoms with Crippen molar-refractivity contribution in [3.8, 4) is 0 Å². The predicted molar refractivity (Wildman–Crippen MR) is 84.7 cm³/mol. The molecule has 2 heterocycles. The van der Waals surface area contributed by atoms with Gasteiger partial charge in [-0.05, 0) is 40.5 Å². The van der Waals surface area contributed by atoms with E-state index >= 15 is 0 Å². The smallest absolute Gasteiger partial charge is 0.330 e. The van der Waals surface area contributed by atoms with Crippen molar-refractivity contribution in [3.05, 3.63) is 12.7 Å². The first-order valence-corrected chi connectivity index (χ1v) is 7.73. The Labute approximate surface area is 136 Å². The van der Waals surface area contributed by atoms with Crippen molar-refractivity contribution >= 4 is 17.9 Å². The van der Waals surface area contributed by atoms with Crippen LogP contribution < -0.4 is 10.6 Å². The quantitative estimate of drug-likeness (QED) is 0.457. The van der Waals surface area contributed by atoms with Gasteiger partial charge in [0.05, 0.1) is 6.54 Å². The second-order valence-corrected chi connectivity index (χ2v) is 7.59. The Morgan fingerprint density at radius 1 is 1.26 bits per heavy atom. The van der Waals surface area contributed by atoms with Gasteiger partial charge in [-0.1, -0.05) is 6.58 Å². The normalized spacial score (nSPS) is 24.4. The van der Waals surface area contributed by atoms with Crippen LogP contribution >= 0.6 is 0 Å². The summed E-state index contributed by atoms with van der Waals surface area (Å²) in [5.41, 5.74) is -1.47. The van der Waals surface area contributed by atoms with Gasteiger partial charge in [-0.15, -0.1) is 0 Å². The van der Waals surface area contributed by atoms with Gasteiger partial charge in [0.25, 0.3) is 5.91 Å². The van der Waals surface area contributed by atoms with Crippen molar-refractivity contribution in [2.24, 2.45) is 0 Å². The van der Waals surface area contributed by atoms with Gasteiger partial charge in [-0.25, -0.2) is 9.59 Å². The molecule has 2 rings (SSSR count). The lowest BCUT2D eigenvalue weighted by Gasteiger charge is -2.50. The Kier molecular flexibility index (Phi) is 4.28. The van der Waals surface area contributed by atoms with E-state index in [2.05, 4.69) is 17.2 Å². The maximum Gasteiger partial charge on any atom is 0.330 e. The highest BCUT2D eigenvalue weighted by Crippen LogP contribution is 2.39. The number of carbonyl (C=O) groups is 3. The number of hydrogen-bond donors (Lipinski definition) is 2. The lowest BCUT2D eigenvalue weighted by molar-refractivity contribution is -0.141. The van der Waals surface area contributed by atoms with Crippen LogP contribution in [0.3, 0.4) is 0 Å². The molecule has 7 nitrogen and oxygen atoms in total. The maximum atomic E-state index is 12.9. The fraction of sp³-hybridized carbons (Fsp3) is 0.688. The predicted octanol–water partition coefficient (Wildman–Crippen LogP) is 0.947. The number of rotatable bonds is 4. The molecule has 0 atom stereocenters. The van der Waals surface area contributed by atoms with E-state index in [1.807, 2.05) is 27.7 Å². The van der Waals surface area contributed by atoms with E-state index in [1.165, 1.54) is 0 Å². The second kappa shape index (κ2) is 5.63. The Hall–Kier alpha value is -1.89. The molecule has 0 unspecified atom stereocenters. The summed E-state index contributed by atoms with van der Waals surface area (Å²) < 4.78 is 4.86. The Morgan fingerprint density at radius 3 is 2.35 bits per heavy atom. The first-order chi connectivity index (χ1) is 10.5. The molecule has 0 radical (unpaired) electrons. The number of amides is 3. The van der Waals surface area contributed by atoms with Gasteiger partial charge in [0, 0.05) is 17.2 Å². The molecular formula is C16H25N3O4. The molecule has 7 heteroatoms. The van der Waals surface area contributed by atoms with Gasteiger partial charge in [-0.2, -0.15) is 0 Å². The zero-order valence-electron chi connectivity index (χ0n) is 14.2. The number of esters is 1. The van der Waals surface area contributed by atoms with E-state index in [9.17, 15) is 14.4 Å². The molecule has 0 aromatic heterocycles. The van der Waals surface area contributed by atoms with Crippen molar-refractivity contribution in [2.45, 2.75) is 57.2 Å². The molecule has 0 aliphatic carbocycles. The van der Waals surface area contributed by atoms with Gasteiger partial charge in [0.15, 0.2) is 0 Å². The topological polar surface area (TPSA) is 87.7 Å². The summed E-state index contributed by atoms with van der Waals surface area (Å²) in [5, 5.41) is 6.37. The van der Waals surface area contributed by atoms with E-state index in [0.29, 0.717) is 12.8 Å². The summed E-state index contributed by atoms with van der Waals surface area (Å²) in [6, 6.07) is -0.432. The molecule has 2 aliphatic heterocycles. The van der Waals surface area contributed by atoms with Crippen molar-refractivity contribution in [2.75, 3.05) is 13.2 Å². The molecule has 1 spiro atoms. The summed E-state index contributed by atoms with van der Waals surface area (Å²) in [5.74, 6) is -0.823. The number of carbonyl (C=O) groups excluding carboxylic acids is 3. The molecule has 128 valence electrons. The number of imide groups is 1. The molecule has 2 saturated heterocycles. The summed E-state index contributed by atoms with van der Waals surface area (Å²) in [6.07, 6.45) is 2.07. The van der Waals surface area contributed by atoms with Crippen LogP contribution in [0, 0.1) is 0 Å². The van der Waals surface area contributed by atoms with E-state index in [-0.39, 0.29) is 30.1 Å². The Balaban J connectivity index is 2.13.